The molecule has 2 fully saturated rings. The molecule has 2 saturated carbocycles. The molecule has 2 aliphatic carbocycles. The molecule has 0 unspecified atom stereocenters. The summed E-state index contributed by atoms with van der Waals surface area (Å²) in [5.74, 6) is 1.04. The van der Waals surface area contributed by atoms with Gasteiger partial charge in [-0.05, 0) is 63.5 Å². The van der Waals surface area contributed by atoms with E-state index in [1.54, 1.807) is 18.2 Å². The van der Waals surface area contributed by atoms with Crippen molar-refractivity contribution < 1.29 is 29.3 Å². The fraction of sp³-hybridized carbons (Fsp3) is 0.500. The minimum atomic E-state index is -0.458. The number of benzene rings is 1. The molecule has 0 saturated heterocycles. The maximum atomic E-state index is 13.1. The molecule has 0 spiro atoms. The van der Waals surface area contributed by atoms with Crippen LogP contribution in [0.15, 0.2) is 35.4 Å². The van der Waals surface area contributed by atoms with Crippen LogP contribution in [0.2, 0.25) is 0 Å². The van der Waals surface area contributed by atoms with Crippen molar-refractivity contribution in [2.24, 2.45) is 16.9 Å². The molecule has 0 radical (unpaired) electrons. The van der Waals surface area contributed by atoms with Crippen molar-refractivity contribution >= 4 is 24.0 Å². The Hall–Kier alpha value is -3.26. The average Bonchev–Trinajstić information content (AvgIpc) is 3.63. The molecule has 8 heteroatoms. The summed E-state index contributed by atoms with van der Waals surface area (Å²) in [6.07, 6.45) is 10.1. The lowest BCUT2D eigenvalue weighted by atomic mass is 9.76. The molecule has 36 heavy (non-hydrogen) atoms. The fourth-order valence-corrected chi connectivity index (χ4v) is 5.37. The van der Waals surface area contributed by atoms with Crippen LogP contribution in [-0.4, -0.2) is 39.3 Å². The number of fused-ring (bicyclic) bond motifs is 1. The minimum absolute atomic E-state index is 0.0619. The van der Waals surface area contributed by atoms with Gasteiger partial charge in [0.2, 0.25) is 11.9 Å². The molecule has 3 N–H and O–H groups in total. The molecule has 3 aliphatic rings. The summed E-state index contributed by atoms with van der Waals surface area (Å²) in [6.45, 7) is 6.25. The van der Waals surface area contributed by atoms with Gasteiger partial charge in [-0.2, -0.15) is 0 Å². The quantitative estimate of drug-likeness (QED) is 0.409. The highest BCUT2D eigenvalue weighted by atomic mass is 16.5. The summed E-state index contributed by atoms with van der Waals surface area (Å²) in [7, 11) is 0. The standard InChI is InChI=1S/C28H35N4O4/c1-4-36-26-15-22-20(14-23(26)29-27(33)25-7-5-6-24(18(2)3)32(25)35)17-31(30-22)16-19-10-12-28(34,13-11-19)21-8-9-21/h5-7,14-19,21,34H,4,8-13H2,1-3H3,(H-,29,33,35)/q+1/p+1/b31-16+. The van der Waals surface area contributed by atoms with Gasteiger partial charge in [-0.1, -0.05) is 18.5 Å². The Morgan fingerprint density at radius 2 is 2.00 bits per heavy atom. The summed E-state index contributed by atoms with van der Waals surface area (Å²) in [6, 6.07) is 8.84. The summed E-state index contributed by atoms with van der Waals surface area (Å²) < 4.78 is 8.61. The van der Waals surface area contributed by atoms with E-state index in [2.05, 4.69) is 11.5 Å². The average molecular weight is 493 g/mol. The lowest BCUT2D eigenvalue weighted by Gasteiger charge is -2.34. The normalized spacial score (nSPS) is 24.2. The van der Waals surface area contributed by atoms with Gasteiger partial charge in [0.05, 0.1) is 23.1 Å². The molecule has 0 atom stereocenters. The van der Waals surface area contributed by atoms with Crippen molar-refractivity contribution in [2.75, 3.05) is 11.9 Å². The number of pyridine rings is 1. The van der Waals surface area contributed by atoms with E-state index >= 15 is 0 Å². The molecule has 2 aromatic rings. The molecule has 0 bridgehead atoms. The van der Waals surface area contributed by atoms with Crippen molar-refractivity contribution in [1.82, 2.24) is 0 Å². The zero-order valence-electron chi connectivity index (χ0n) is 21.3. The molecule has 1 amide bonds. The number of nitrogens with zero attached hydrogens (tertiary/aromatic N) is 3. The van der Waals surface area contributed by atoms with Gasteiger partial charge >= 0.3 is 11.6 Å². The van der Waals surface area contributed by atoms with Crippen LogP contribution in [0.3, 0.4) is 0 Å². The zero-order chi connectivity index (χ0) is 25.4. The van der Waals surface area contributed by atoms with E-state index in [0.717, 1.165) is 53.8 Å². The van der Waals surface area contributed by atoms with E-state index in [0.29, 0.717) is 35.6 Å². The molecule has 1 aliphatic heterocycles. The van der Waals surface area contributed by atoms with Crippen LogP contribution in [0.4, 0.5) is 5.69 Å². The minimum Gasteiger partial charge on any atom is -0.492 e. The number of amides is 1. The largest absolute Gasteiger partial charge is 0.492 e. The second-order valence-electron chi connectivity index (χ2n) is 10.6. The molecular formula is C28H36N4O4+2. The Morgan fingerprint density at radius 1 is 1.25 bits per heavy atom. The van der Waals surface area contributed by atoms with Crippen molar-refractivity contribution in [1.29, 1.82) is 0 Å². The lowest BCUT2D eigenvalue weighted by Crippen LogP contribution is -2.43. The van der Waals surface area contributed by atoms with Crippen LogP contribution in [0.25, 0.3) is 6.20 Å². The van der Waals surface area contributed by atoms with Crippen LogP contribution in [-0.2, 0) is 0 Å². The number of hydrogen-bond donors (Lipinski definition) is 3. The topological polar surface area (TPSA) is 98.0 Å². The molecule has 190 valence electrons. The van der Waals surface area contributed by atoms with Crippen molar-refractivity contribution in [3.05, 3.63) is 52.3 Å². The number of rotatable bonds is 7. The number of nitrogens with one attached hydrogen (secondary N) is 1. The first-order valence-electron chi connectivity index (χ1n) is 13.1. The first-order valence-corrected chi connectivity index (χ1v) is 13.1. The lowest BCUT2D eigenvalue weighted by molar-refractivity contribution is -0.911. The predicted octanol–water partition coefficient (Wildman–Crippen LogP) is 2.69. The zero-order valence-corrected chi connectivity index (χ0v) is 21.3. The van der Waals surface area contributed by atoms with Gasteiger partial charge in [0.25, 0.3) is 0 Å². The first kappa shape index (κ1) is 24.4. The maximum Gasteiger partial charge on any atom is 0.325 e. The molecule has 1 aromatic heterocycles. The molecule has 8 nitrogen and oxygen atoms in total. The number of anilines is 1. The van der Waals surface area contributed by atoms with Crippen molar-refractivity contribution in [3.8, 4) is 5.75 Å². The third kappa shape index (κ3) is 4.87. The number of carbonyl (C=O) groups is 1. The first-order chi connectivity index (χ1) is 17.3. The van der Waals surface area contributed by atoms with Crippen LogP contribution in [0.1, 0.15) is 81.4 Å². The Bertz CT molecular complexity index is 1320. The number of carbonyl (C=O) groups excluding carboxylic acids is 1. The van der Waals surface area contributed by atoms with Crippen molar-refractivity contribution in [3.63, 3.8) is 0 Å². The monoisotopic (exact) mass is 492 g/mol. The van der Waals surface area contributed by atoms with Crippen molar-refractivity contribution in [2.45, 2.75) is 70.8 Å². The summed E-state index contributed by atoms with van der Waals surface area (Å²) in [5, 5.41) is 30.7. The van der Waals surface area contributed by atoms with Gasteiger partial charge in [-0.3, -0.25) is 10.0 Å². The van der Waals surface area contributed by atoms with Crippen LogP contribution in [0, 0.1) is 11.8 Å². The highest BCUT2D eigenvalue weighted by molar-refractivity contribution is 6.02. The van der Waals surface area contributed by atoms with Gasteiger partial charge in [-0.25, -0.2) is 0 Å². The van der Waals surface area contributed by atoms with Crippen LogP contribution < -0.4 is 25.4 Å². The van der Waals surface area contributed by atoms with Crippen LogP contribution >= 0.6 is 0 Å². The van der Waals surface area contributed by atoms with Crippen LogP contribution in [0.5, 0.6) is 5.75 Å². The highest BCUT2D eigenvalue weighted by Crippen LogP contribution is 2.47. The Morgan fingerprint density at radius 3 is 2.67 bits per heavy atom. The Labute approximate surface area is 211 Å². The third-order valence-electron chi connectivity index (χ3n) is 7.59. The van der Waals surface area contributed by atoms with Gasteiger partial charge in [0.1, 0.15) is 11.1 Å². The summed E-state index contributed by atoms with van der Waals surface area (Å²) in [5.41, 5.74) is 0.866. The van der Waals surface area contributed by atoms with E-state index in [1.807, 2.05) is 43.8 Å². The fourth-order valence-electron chi connectivity index (χ4n) is 5.37. The summed E-state index contributed by atoms with van der Waals surface area (Å²) >= 11 is 0. The van der Waals surface area contributed by atoms with E-state index in [-0.39, 0.29) is 11.6 Å². The van der Waals surface area contributed by atoms with Gasteiger partial charge < -0.3 is 15.2 Å². The number of hydrogen-bond acceptors (Lipinski definition) is 5. The molecule has 1 aromatic carbocycles. The van der Waals surface area contributed by atoms with Gasteiger partial charge in [0.15, 0.2) is 6.21 Å². The van der Waals surface area contributed by atoms with E-state index in [1.165, 1.54) is 0 Å². The van der Waals surface area contributed by atoms with Gasteiger partial charge in [0, 0.05) is 39.9 Å². The number of aliphatic hydroxyl groups is 1. The smallest absolute Gasteiger partial charge is 0.325 e. The molecular weight excluding hydrogens is 456 g/mol. The maximum absolute atomic E-state index is 13.1. The predicted molar refractivity (Wildman–Crippen MR) is 135 cm³/mol. The Kier molecular flexibility index (Phi) is 6.55. The highest BCUT2D eigenvalue weighted by Gasteiger charge is 2.45. The number of ether oxygens (including phenoxy) is 1. The SMILES string of the molecule is CCOc1cc2c(cc1NC(=O)c1cccc(C(C)C)[n+]1O)=C/[N+](=C\C1CCC(O)(C3CC3)CC1)N=2. The van der Waals surface area contributed by atoms with E-state index in [9.17, 15) is 15.1 Å². The second-order valence-corrected chi connectivity index (χ2v) is 10.6. The van der Waals surface area contributed by atoms with E-state index in [4.69, 9.17) is 9.84 Å². The molecule has 5 rings (SSSR count). The Balaban J connectivity index is 1.38. The third-order valence-corrected chi connectivity index (χ3v) is 7.59. The second kappa shape index (κ2) is 9.65. The van der Waals surface area contributed by atoms with E-state index < -0.39 is 11.5 Å². The number of aromatic nitrogens is 1. The molecule has 2 heterocycles. The van der Waals surface area contributed by atoms with Gasteiger partial charge in [-0.15, -0.1) is 0 Å². The summed E-state index contributed by atoms with van der Waals surface area (Å²) in [4.78, 5) is 13.1.